The van der Waals surface area contributed by atoms with Gasteiger partial charge in [0.2, 0.25) is 15.8 Å². The van der Waals surface area contributed by atoms with Crippen molar-refractivity contribution < 1.29 is 12.8 Å². The molecule has 0 aliphatic carbocycles. The van der Waals surface area contributed by atoms with Crippen LogP contribution in [0.25, 0.3) is 28.3 Å². The molecule has 2 heterocycles. The zero-order chi connectivity index (χ0) is 18.3. The maximum absolute atomic E-state index is 13.3. The Labute approximate surface area is 148 Å². The molecule has 0 spiro atoms. The fourth-order valence-electron chi connectivity index (χ4n) is 2.77. The molecule has 0 unspecified atom stereocenters. The summed E-state index contributed by atoms with van der Waals surface area (Å²) in [6.07, 6.45) is 3.44. The Balaban J connectivity index is 1.96. The number of hydrogen-bond donors (Lipinski definition) is 1. The number of rotatable bonds is 3. The molecule has 0 saturated heterocycles. The summed E-state index contributed by atoms with van der Waals surface area (Å²) in [4.78, 5) is 8.82. The number of halogens is 1. The van der Waals surface area contributed by atoms with Crippen molar-refractivity contribution in [3.63, 3.8) is 0 Å². The third kappa shape index (κ3) is 2.85. The standard InChI is InChI=1S/C18H13FN4O2S/c19-14-6-2-12(3-7-14)16-17(23-11-1-10-21-18(23)22-16)13-4-8-15(9-5-13)26(20,24)25/h1-11H,(H2,20,24,25). The highest BCUT2D eigenvalue weighted by Crippen LogP contribution is 2.32. The highest BCUT2D eigenvalue weighted by molar-refractivity contribution is 7.89. The average Bonchev–Trinajstić information content (AvgIpc) is 3.01. The number of nitrogens with zero attached hydrogens (tertiary/aromatic N) is 3. The molecular weight excluding hydrogens is 355 g/mol. The third-order valence-electron chi connectivity index (χ3n) is 3.98. The van der Waals surface area contributed by atoms with Crippen molar-refractivity contribution in [2.45, 2.75) is 4.90 Å². The van der Waals surface area contributed by atoms with Gasteiger partial charge in [-0.3, -0.25) is 4.40 Å². The van der Waals surface area contributed by atoms with Gasteiger partial charge >= 0.3 is 0 Å². The lowest BCUT2D eigenvalue weighted by atomic mass is 10.0. The zero-order valence-electron chi connectivity index (χ0n) is 13.4. The number of aromatic nitrogens is 3. The molecule has 4 rings (SSSR count). The van der Waals surface area contributed by atoms with Gasteiger partial charge < -0.3 is 0 Å². The smallest absolute Gasteiger partial charge is 0.238 e. The van der Waals surface area contributed by atoms with Gasteiger partial charge in [0.05, 0.1) is 16.3 Å². The van der Waals surface area contributed by atoms with E-state index in [1.165, 1.54) is 24.3 Å². The SMILES string of the molecule is NS(=O)(=O)c1ccc(-c2c(-c3ccc(F)cc3)nc3ncccn23)cc1. The lowest BCUT2D eigenvalue weighted by Crippen LogP contribution is -2.11. The van der Waals surface area contributed by atoms with Crippen molar-refractivity contribution in [2.24, 2.45) is 5.14 Å². The lowest BCUT2D eigenvalue weighted by Gasteiger charge is -2.07. The van der Waals surface area contributed by atoms with E-state index in [2.05, 4.69) is 9.97 Å². The number of sulfonamides is 1. The molecule has 130 valence electrons. The van der Waals surface area contributed by atoms with Crippen LogP contribution < -0.4 is 5.14 Å². The summed E-state index contributed by atoms with van der Waals surface area (Å²) in [5.41, 5.74) is 2.80. The van der Waals surface area contributed by atoms with E-state index >= 15 is 0 Å². The van der Waals surface area contributed by atoms with Gasteiger partial charge in [0.1, 0.15) is 5.82 Å². The van der Waals surface area contributed by atoms with Crippen LogP contribution in [0.3, 0.4) is 0 Å². The molecule has 0 aliphatic rings. The van der Waals surface area contributed by atoms with Crippen LogP contribution in [0, 0.1) is 5.82 Å². The topological polar surface area (TPSA) is 90.4 Å². The summed E-state index contributed by atoms with van der Waals surface area (Å²) in [6, 6.07) is 14.0. The molecule has 0 fully saturated rings. The van der Waals surface area contributed by atoms with E-state index < -0.39 is 10.0 Å². The van der Waals surface area contributed by atoms with E-state index in [0.717, 1.165) is 16.8 Å². The summed E-state index contributed by atoms with van der Waals surface area (Å²) in [6.45, 7) is 0. The van der Waals surface area contributed by atoms with Gasteiger partial charge in [0.25, 0.3) is 0 Å². The molecular formula is C18H13FN4O2S. The van der Waals surface area contributed by atoms with E-state index in [4.69, 9.17) is 5.14 Å². The molecule has 6 nitrogen and oxygen atoms in total. The van der Waals surface area contributed by atoms with E-state index in [0.29, 0.717) is 11.5 Å². The first-order valence-corrected chi connectivity index (χ1v) is 9.20. The maximum atomic E-state index is 13.3. The Morgan fingerprint density at radius 3 is 2.27 bits per heavy atom. The van der Waals surface area contributed by atoms with Gasteiger partial charge in [-0.15, -0.1) is 0 Å². The molecule has 2 aromatic heterocycles. The Hall–Kier alpha value is -3.10. The van der Waals surface area contributed by atoms with Gasteiger partial charge in [-0.1, -0.05) is 12.1 Å². The first kappa shape index (κ1) is 16.4. The second-order valence-electron chi connectivity index (χ2n) is 5.67. The zero-order valence-corrected chi connectivity index (χ0v) is 14.2. The maximum Gasteiger partial charge on any atom is 0.238 e. The Kier molecular flexibility index (Phi) is 3.78. The average molecular weight is 368 g/mol. The molecule has 8 heteroatoms. The quantitative estimate of drug-likeness (QED) is 0.602. The Bertz CT molecular complexity index is 1200. The number of nitrogens with two attached hydrogens (primary N) is 1. The highest BCUT2D eigenvalue weighted by atomic mass is 32.2. The minimum atomic E-state index is -3.77. The second kappa shape index (κ2) is 6.01. The summed E-state index contributed by atoms with van der Waals surface area (Å²) >= 11 is 0. The van der Waals surface area contributed by atoms with E-state index in [1.807, 2.05) is 6.20 Å². The fourth-order valence-corrected chi connectivity index (χ4v) is 3.29. The van der Waals surface area contributed by atoms with E-state index in [-0.39, 0.29) is 10.7 Å². The molecule has 2 N–H and O–H groups in total. The second-order valence-corrected chi connectivity index (χ2v) is 7.24. The molecule has 0 radical (unpaired) electrons. The van der Waals surface area contributed by atoms with Crippen LogP contribution in [-0.2, 0) is 10.0 Å². The molecule has 2 aromatic carbocycles. The molecule has 0 aliphatic heterocycles. The van der Waals surface area contributed by atoms with Crippen LogP contribution in [0.1, 0.15) is 0 Å². The van der Waals surface area contributed by atoms with Gasteiger partial charge in [-0.25, -0.2) is 27.9 Å². The van der Waals surface area contributed by atoms with Crippen LogP contribution in [0.2, 0.25) is 0 Å². The van der Waals surface area contributed by atoms with Crippen molar-refractivity contribution in [2.75, 3.05) is 0 Å². The number of benzene rings is 2. The fraction of sp³-hybridized carbons (Fsp3) is 0. The van der Waals surface area contributed by atoms with Gasteiger partial charge in [-0.05, 0) is 42.5 Å². The van der Waals surface area contributed by atoms with Gasteiger partial charge in [0, 0.05) is 23.5 Å². The Morgan fingerprint density at radius 2 is 1.62 bits per heavy atom. The van der Waals surface area contributed by atoms with Crippen LogP contribution in [0.5, 0.6) is 0 Å². The van der Waals surface area contributed by atoms with Crippen molar-refractivity contribution in [1.29, 1.82) is 0 Å². The Morgan fingerprint density at radius 1 is 0.962 bits per heavy atom. The van der Waals surface area contributed by atoms with Crippen LogP contribution >= 0.6 is 0 Å². The van der Waals surface area contributed by atoms with Crippen LogP contribution in [-0.4, -0.2) is 22.8 Å². The largest absolute Gasteiger partial charge is 0.283 e. The minimum Gasteiger partial charge on any atom is -0.283 e. The molecule has 0 amide bonds. The van der Waals surface area contributed by atoms with Crippen molar-refractivity contribution >= 4 is 15.8 Å². The number of imidazole rings is 1. The molecule has 26 heavy (non-hydrogen) atoms. The molecule has 0 saturated carbocycles. The monoisotopic (exact) mass is 368 g/mol. The summed E-state index contributed by atoms with van der Waals surface area (Å²) in [7, 11) is -3.77. The number of hydrogen-bond acceptors (Lipinski definition) is 4. The highest BCUT2D eigenvalue weighted by Gasteiger charge is 2.17. The first-order valence-electron chi connectivity index (χ1n) is 7.66. The van der Waals surface area contributed by atoms with Crippen LogP contribution in [0.4, 0.5) is 4.39 Å². The lowest BCUT2D eigenvalue weighted by molar-refractivity contribution is 0.598. The summed E-state index contributed by atoms with van der Waals surface area (Å²) < 4.78 is 38.0. The predicted octanol–water partition coefficient (Wildman–Crippen LogP) is 2.85. The van der Waals surface area contributed by atoms with Gasteiger partial charge in [0.15, 0.2) is 0 Å². The summed E-state index contributed by atoms with van der Waals surface area (Å²) in [5.74, 6) is 0.145. The van der Waals surface area contributed by atoms with E-state index in [1.54, 1.807) is 40.9 Å². The third-order valence-corrected chi connectivity index (χ3v) is 4.91. The molecule has 0 atom stereocenters. The number of primary sulfonamides is 1. The van der Waals surface area contributed by atoms with Crippen LogP contribution in [0.15, 0.2) is 71.9 Å². The summed E-state index contributed by atoms with van der Waals surface area (Å²) in [5, 5.41) is 5.16. The minimum absolute atomic E-state index is 0.0246. The normalized spacial score (nSPS) is 11.8. The molecule has 4 aromatic rings. The van der Waals surface area contributed by atoms with Crippen molar-refractivity contribution in [3.05, 3.63) is 72.8 Å². The first-order chi connectivity index (χ1) is 12.4. The van der Waals surface area contributed by atoms with Gasteiger partial charge in [-0.2, -0.15) is 0 Å². The predicted molar refractivity (Wildman–Crippen MR) is 95.2 cm³/mol. The molecule has 0 bridgehead atoms. The van der Waals surface area contributed by atoms with E-state index in [9.17, 15) is 12.8 Å². The van der Waals surface area contributed by atoms with Crippen molar-refractivity contribution in [1.82, 2.24) is 14.4 Å². The van der Waals surface area contributed by atoms with Crippen molar-refractivity contribution in [3.8, 4) is 22.5 Å². The number of fused-ring (bicyclic) bond motifs is 1.